The van der Waals surface area contributed by atoms with Crippen LogP contribution in [0.5, 0.6) is 0 Å². The maximum absolute atomic E-state index is 12.5. The summed E-state index contributed by atoms with van der Waals surface area (Å²) in [7, 11) is 1.58. The lowest BCUT2D eigenvalue weighted by Gasteiger charge is -2.10. The van der Waals surface area contributed by atoms with Crippen LogP contribution in [0, 0.1) is 27.7 Å². The predicted molar refractivity (Wildman–Crippen MR) is 122 cm³/mol. The van der Waals surface area contributed by atoms with Gasteiger partial charge in [0, 0.05) is 41.4 Å². The van der Waals surface area contributed by atoms with Gasteiger partial charge in [-0.3, -0.25) is 9.59 Å². The summed E-state index contributed by atoms with van der Waals surface area (Å²) in [6, 6.07) is 15.7. The van der Waals surface area contributed by atoms with Gasteiger partial charge >= 0.3 is 0 Å². The Bertz CT molecular complexity index is 1120. The van der Waals surface area contributed by atoms with E-state index < -0.39 is 0 Å². The third kappa shape index (κ3) is 4.51. The number of carbonyl (C=O) groups excluding carboxylic acids is 2. The smallest absolute Gasteiger partial charge is 0.251 e. The summed E-state index contributed by atoms with van der Waals surface area (Å²) in [5.74, 6) is -0.433. The molecule has 3 aromatic rings. The maximum atomic E-state index is 12.5. The number of rotatable bonds is 5. The molecule has 0 aliphatic carbocycles. The zero-order valence-electron chi connectivity index (χ0n) is 18.0. The number of nitrogens with one attached hydrogen (secondary N) is 2. The van der Waals surface area contributed by atoms with Crippen LogP contribution in [-0.4, -0.2) is 23.4 Å². The normalized spacial score (nSPS) is 11.0. The van der Waals surface area contributed by atoms with Gasteiger partial charge in [0.05, 0.1) is 0 Å². The molecule has 1 aromatic heterocycles. The minimum atomic E-state index is -0.243. The summed E-state index contributed by atoms with van der Waals surface area (Å²) in [5.41, 5.74) is 7.49. The van der Waals surface area contributed by atoms with E-state index in [9.17, 15) is 9.59 Å². The fourth-order valence-electron chi connectivity index (χ4n) is 3.43. The molecule has 0 saturated heterocycles. The monoisotopic (exact) mass is 401 g/mol. The van der Waals surface area contributed by atoms with Gasteiger partial charge in [-0.15, -0.1) is 0 Å². The van der Waals surface area contributed by atoms with E-state index >= 15 is 0 Å². The Balaban J connectivity index is 1.80. The second-order valence-electron chi connectivity index (χ2n) is 7.43. The molecule has 0 fully saturated rings. The number of benzene rings is 2. The molecule has 0 radical (unpaired) electrons. The van der Waals surface area contributed by atoms with Gasteiger partial charge < -0.3 is 15.2 Å². The number of aromatic nitrogens is 1. The molecule has 2 amide bonds. The SMILES string of the molecule is CNC(=O)c1ccc(C)c(NC(=O)/C=C/c2cc(C)n(-c3ccc(C)cc3)c2C)c1. The summed E-state index contributed by atoms with van der Waals surface area (Å²) in [5, 5.41) is 5.46. The molecule has 0 aliphatic rings. The number of carbonyl (C=O) groups is 2. The van der Waals surface area contributed by atoms with E-state index in [0.29, 0.717) is 11.3 Å². The highest BCUT2D eigenvalue weighted by atomic mass is 16.2. The molecule has 0 saturated carbocycles. The zero-order valence-corrected chi connectivity index (χ0v) is 18.0. The number of anilines is 1. The fourth-order valence-corrected chi connectivity index (χ4v) is 3.43. The van der Waals surface area contributed by atoms with Crippen molar-refractivity contribution in [2.24, 2.45) is 0 Å². The molecule has 0 unspecified atom stereocenters. The summed E-state index contributed by atoms with van der Waals surface area (Å²) in [6.07, 6.45) is 3.34. The number of hydrogen-bond donors (Lipinski definition) is 2. The van der Waals surface area contributed by atoms with Gasteiger partial charge in [-0.1, -0.05) is 23.8 Å². The Morgan fingerprint density at radius 1 is 0.933 bits per heavy atom. The predicted octanol–water partition coefficient (Wildman–Crippen LogP) is 4.72. The molecule has 0 aliphatic heterocycles. The topological polar surface area (TPSA) is 63.1 Å². The van der Waals surface area contributed by atoms with Crippen LogP contribution in [0.1, 0.15) is 38.4 Å². The third-order valence-corrected chi connectivity index (χ3v) is 5.16. The fraction of sp³-hybridized carbons (Fsp3) is 0.200. The standard InChI is InChI=1S/C25H27N3O2/c1-16-6-11-22(12-7-16)28-18(3)14-20(19(28)4)10-13-24(29)27-23-15-21(25(30)26-5)9-8-17(23)2/h6-15H,1-5H3,(H,26,30)(H,27,29)/b13-10+. The molecular formula is C25H27N3O2. The van der Waals surface area contributed by atoms with Crippen molar-refractivity contribution in [1.29, 1.82) is 0 Å². The van der Waals surface area contributed by atoms with Crippen LogP contribution >= 0.6 is 0 Å². The Morgan fingerprint density at radius 3 is 2.30 bits per heavy atom. The first-order valence-electron chi connectivity index (χ1n) is 9.88. The van der Waals surface area contributed by atoms with Crippen LogP contribution in [0.4, 0.5) is 5.69 Å². The number of hydrogen-bond acceptors (Lipinski definition) is 2. The first-order valence-corrected chi connectivity index (χ1v) is 9.88. The highest BCUT2D eigenvalue weighted by Gasteiger charge is 2.10. The molecule has 2 N–H and O–H groups in total. The van der Waals surface area contributed by atoms with Gasteiger partial charge in [0.15, 0.2) is 0 Å². The summed E-state index contributed by atoms with van der Waals surface area (Å²) in [6.45, 7) is 8.06. The average Bonchev–Trinajstić information content (AvgIpc) is 3.01. The van der Waals surface area contributed by atoms with E-state index in [0.717, 1.165) is 28.2 Å². The first kappa shape index (κ1) is 21.1. The molecule has 0 bridgehead atoms. The molecule has 0 atom stereocenters. The van der Waals surface area contributed by atoms with Crippen molar-refractivity contribution in [2.45, 2.75) is 27.7 Å². The van der Waals surface area contributed by atoms with Crippen LogP contribution in [-0.2, 0) is 4.79 Å². The average molecular weight is 402 g/mol. The Hall–Kier alpha value is -3.60. The van der Waals surface area contributed by atoms with Crippen LogP contribution in [0.25, 0.3) is 11.8 Å². The zero-order chi connectivity index (χ0) is 21.8. The van der Waals surface area contributed by atoms with Crippen LogP contribution in [0.2, 0.25) is 0 Å². The van der Waals surface area contributed by atoms with Crippen molar-refractivity contribution < 1.29 is 9.59 Å². The Labute approximate surface area is 177 Å². The van der Waals surface area contributed by atoms with Crippen LogP contribution in [0.3, 0.4) is 0 Å². The quantitative estimate of drug-likeness (QED) is 0.608. The first-order chi connectivity index (χ1) is 14.3. The molecular weight excluding hydrogens is 374 g/mol. The molecule has 2 aromatic carbocycles. The van der Waals surface area contributed by atoms with Gasteiger partial charge in [0.25, 0.3) is 5.91 Å². The molecule has 3 rings (SSSR count). The van der Waals surface area contributed by atoms with Gasteiger partial charge in [0.1, 0.15) is 0 Å². The minimum absolute atomic E-state index is 0.190. The van der Waals surface area contributed by atoms with Crippen LogP contribution < -0.4 is 10.6 Å². The van der Waals surface area contributed by atoms with Crippen LogP contribution in [0.15, 0.2) is 54.6 Å². The molecule has 0 spiro atoms. The second-order valence-corrected chi connectivity index (χ2v) is 7.43. The third-order valence-electron chi connectivity index (χ3n) is 5.16. The van der Waals surface area contributed by atoms with E-state index in [1.807, 2.05) is 26.0 Å². The lowest BCUT2D eigenvalue weighted by atomic mass is 10.1. The van der Waals surface area contributed by atoms with Crippen molar-refractivity contribution in [3.63, 3.8) is 0 Å². The van der Waals surface area contributed by atoms with E-state index in [1.54, 1.807) is 19.2 Å². The van der Waals surface area contributed by atoms with Crippen molar-refractivity contribution in [3.8, 4) is 5.69 Å². The van der Waals surface area contributed by atoms with E-state index in [2.05, 4.69) is 59.4 Å². The van der Waals surface area contributed by atoms with Crippen molar-refractivity contribution in [1.82, 2.24) is 9.88 Å². The largest absolute Gasteiger partial charge is 0.355 e. The second kappa shape index (κ2) is 8.82. The molecule has 5 nitrogen and oxygen atoms in total. The lowest BCUT2D eigenvalue weighted by Crippen LogP contribution is -2.18. The van der Waals surface area contributed by atoms with Crippen molar-refractivity contribution in [2.75, 3.05) is 12.4 Å². The van der Waals surface area contributed by atoms with Crippen molar-refractivity contribution in [3.05, 3.63) is 88.2 Å². The number of amides is 2. The van der Waals surface area contributed by atoms with E-state index in [-0.39, 0.29) is 11.8 Å². The Morgan fingerprint density at radius 2 is 1.63 bits per heavy atom. The summed E-state index contributed by atoms with van der Waals surface area (Å²) < 4.78 is 2.17. The minimum Gasteiger partial charge on any atom is -0.355 e. The number of nitrogens with zero attached hydrogens (tertiary/aromatic N) is 1. The number of aryl methyl sites for hydroxylation is 3. The lowest BCUT2D eigenvalue weighted by molar-refractivity contribution is -0.111. The van der Waals surface area contributed by atoms with E-state index in [1.165, 1.54) is 11.6 Å². The molecule has 154 valence electrons. The molecule has 1 heterocycles. The molecule has 30 heavy (non-hydrogen) atoms. The van der Waals surface area contributed by atoms with Gasteiger partial charge in [-0.25, -0.2) is 0 Å². The van der Waals surface area contributed by atoms with Crippen molar-refractivity contribution >= 4 is 23.6 Å². The molecule has 5 heteroatoms. The Kier molecular flexibility index (Phi) is 6.21. The van der Waals surface area contributed by atoms with E-state index in [4.69, 9.17) is 0 Å². The summed E-state index contributed by atoms with van der Waals surface area (Å²) >= 11 is 0. The highest BCUT2D eigenvalue weighted by molar-refractivity contribution is 6.03. The van der Waals surface area contributed by atoms with Gasteiger partial charge in [-0.05, 0) is 75.2 Å². The highest BCUT2D eigenvalue weighted by Crippen LogP contribution is 2.22. The summed E-state index contributed by atoms with van der Waals surface area (Å²) in [4.78, 5) is 24.3. The van der Waals surface area contributed by atoms with Gasteiger partial charge in [-0.2, -0.15) is 0 Å². The van der Waals surface area contributed by atoms with Gasteiger partial charge in [0.2, 0.25) is 5.91 Å². The maximum Gasteiger partial charge on any atom is 0.251 e.